The van der Waals surface area contributed by atoms with Crippen LogP contribution in [0.1, 0.15) is 26.2 Å². The summed E-state index contributed by atoms with van der Waals surface area (Å²) in [6.45, 7) is 7.36. The molecule has 3 N–H and O–H groups in total. The minimum atomic E-state index is -0.0693. The van der Waals surface area contributed by atoms with Crippen LogP contribution in [0.4, 0.5) is 0 Å². The van der Waals surface area contributed by atoms with Crippen molar-refractivity contribution in [2.45, 2.75) is 38.3 Å². The number of carbonyl (C=O) groups excluding carboxylic acids is 2. The normalized spacial score (nSPS) is 20.9. The molecule has 3 atom stereocenters. The van der Waals surface area contributed by atoms with Crippen LogP contribution in [0.3, 0.4) is 0 Å². The molecule has 1 aliphatic heterocycles. The van der Waals surface area contributed by atoms with E-state index in [0.717, 1.165) is 36.9 Å². The molecule has 1 saturated heterocycles. The topological polar surface area (TPSA) is 110 Å². The van der Waals surface area contributed by atoms with Crippen LogP contribution in [0, 0.1) is 5.92 Å². The summed E-state index contributed by atoms with van der Waals surface area (Å²) in [5.41, 5.74) is -0.0693. The first-order valence-corrected chi connectivity index (χ1v) is 10.4. The Labute approximate surface area is 182 Å². The first-order chi connectivity index (χ1) is 15.0. The number of hydrogen-bond donors (Lipinski definition) is 3. The number of hydrogen-bond acceptors (Lipinski definition) is 6. The number of benzene rings is 1. The average molecular weight is 430 g/mol. The van der Waals surface area contributed by atoms with Crippen molar-refractivity contribution in [3.63, 3.8) is 0 Å². The summed E-state index contributed by atoms with van der Waals surface area (Å²) in [6, 6.07) is 7.65. The van der Waals surface area contributed by atoms with Crippen LogP contribution < -0.4 is 20.9 Å². The molecule has 1 saturated carbocycles. The highest BCUT2D eigenvalue weighted by atomic mass is 16.5. The van der Waals surface area contributed by atoms with E-state index in [1.165, 1.54) is 0 Å². The third-order valence-electron chi connectivity index (χ3n) is 5.06. The van der Waals surface area contributed by atoms with Gasteiger partial charge in [0.15, 0.2) is 0 Å². The smallest absolute Gasteiger partial charge is 0.293 e. The van der Waals surface area contributed by atoms with Gasteiger partial charge < -0.3 is 25.1 Å². The van der Waals surface area contributed by atoms with Crippen molar-refractivity contribution in [2.75, 3.05) is 20.3 Å². The zero-order valence-electron chi connectivity index (χ0n) is 18.1. The number of methoxy groups -OCH3 is 1. The van der Waals surface area contributed by atoms with E-state index in [-0.39, 0.29) is 17.5 Å². The molecule has 2 aliphatic rings. The third-order valence-corrected chi connectivity index (χ3v) is 5.06. The van der Waals surface area contributed by atoms with E-state index in [9.17, 15) is 14.4 Å². The van der Waals surface area contributed by atoms with E-state index in [2.05, 4.69) is 26.9 Å². The molecule has 2 heterocycles. The third kappa shape index (κ3) is 7.57. The Bertz CT molecular complexity index is 921. The molecule has 31 heavy (non-hydrogen) atoms. The van der Waals surface area contributed by atoms with E-state index in [4.69, 9.17) is 4.74 Å². The van der Waals surface area contributed by atoms with Crippen molar-refractivity contribution in [2.24, 2.45) is 5.92 Å². The van der Waals surface area contributed by atoms with E-state index < -0.39 is 0 Å². The Balaban J connectivity index is 0.000000182. The number of pyridine rings is 1. The van der Waals surface area contributed by atoms with E-state index >= 15 is 0 Å². The predicted octanol–water partition coefficient (Wildman–Crippen LogP) is 2.15. The van der Waals surface area contributed by atoms with Gasteiger partial charge in [-0.15, -0.1) is 6.58 Å². The maximum atomic E-state index is 11.5. The van der Waals surface area contributed by atoms with Crippen molar-refractivity contribution in [1.82, 2.24) is 15.6 Å². The molecule has 4 rings (SSSR count). The number of ether oxygens (including phenoxy) is 2. The number of aromatic amines is 1. The SMILES string of the molecule is C=C[C@@H]1C[C@H]1NC(=O)[C@@H]1CCCN1.CCOC=O.COc1ccc2c(=O)[nH]ccc2c1. The van der Waals surface area contributed by atoms with E-state index in [0.29, 0.717) is 30.4 Å². The molecule has 1 aromatic carbocycles. The minimum absolute atomic E-state index is 0.0612. The quantitative estimate of drug-likeness (QED) is 0.480. The van der Waals surface area contributed by atoms with Crippen LogP contribution in [0.25, 0.3) is 10.8 Å². The van der Waals surface area contributed by atoms with Crippen LogP contribution in [0.5, 0.6) is 5.75 Å². The van der Waals surface area contributed by atoms with Gasteiger partial charge in [0.1, 0.15) is 5.75 Å². The number of nitrogens with one attached hydrogen (secondary N) is 3. The summed E-state index contributed by atoms with van der Waals surface area (Å²) in [7, 11) is 1.61. The predicted molar refractivity (Wildman–Crippen MR) is 120 cm³/mol. The number of aromatic nitrogens is 1. The number of carbonyl (C=O) groups is 2. The summed E-state index contributed by atoms with van der Waals surface area (Å²) in [5, 5.41) is 7.78. The number of amides is 1. The average Bonchev–Trinajstić information content (AvgIpc) is 3.30. The van der Waals surface area contributed by atoms with Crippen LogP contribution in [-0.4, -0.2) is 49.7 Å². The van der Waals surface area contributed by atoms with Gasteiger partial charge in [-0.1, -0.05) is 6.08 Å². The van der Waals surface area contributed by atoms with Crippen molar-refractivity contribution < 1.29 is 19.1 Å². The second kappa shape index (κ2) is 12.5. The van der Waals surface area contributed by atoms with Gasteiger partial charge in [-0.3, -0.25) is 14.4 Å². The van der Waals surface area contributed by atoms with Crippen molar-refractivity contribution >= 4 is 23.2 Å². The fourth-order valence-corrected chi connectivity index (χ4v) is 3.20. The van der Waals surface area contributed by atoms with Gasteiger partial charge in [-0.05, 0) is 68.3 Å². The van der Waals surface area contributed by atoms with E-state index in [1.54, 1.807) is 32.4 Å². The summed E-state index contributed by atoms with van der Waals surface area (Å²) >= 11 is 0. The lowest BCUT2D eigenvalue weighted by Crippen LogP contribution is -2.41. The number of rotatable bonds is 6. The molecule has 0 radical (unpaired) electrons. The Morgan fingerprint density at radius 1 is 1.35 bits per heavy atom. The Kier molecular flexibility index (Phi) is 9.77. The highest BCUT2D eigenvalue weighted by Gasteiger charge is 2.37. The molecule has 1 aromatic heterocycles. The lowest BCUT2D eigenvalue weighted by Gasteiger charge is -2.09. The summed E-state index contributed by atoms with van der Waals surface area (Å²) in [4.78, 5) is 34.6. The molecular weight excluding hydrogens is 398 g/mol. The van der Waals surface area contributed by atoms with Gasteiger partial charge in [0.2, 0.25) is 5.91 Å². The van der Waals surface area contributed by atoms with Crippen LogP contribution >= 0.6 is 0 Å². The van der Waals surface area contributed by atoms with Crippen LogP contribution in [0.15, 0.2) is 47.9 Å². The first kappa shape index (κ1) is 24.1. The fraction of sp³-hybridized carbons (Fsp3) is 0.435. The van der Waals surface area contributed by atoms with Gasteiger partial charge >= 0.3 is 0 Å². The van der Waals surface area contributed by atoms with Crippen molar-refractivity contribution in [3.05, 3.63) is 53.5 Å². The first-order valence-electron chi connectivity index (χ1n) is 10.4. The molecule has 8 nitrogen and oxygen atoms in total. The minimum Gasteiger partial charge on any atom is -0.497 e. The van der Waals surface area contributed by atoms with Gasteiger partial charge in [-0.2, -0.15) is 0 Å². The molecule has 0 bridgehead atoms. The lowest BCUT2D eigenvalue weighted by molar-refractivity contribution is -0.128. The van der Waals surface area contributed by atoms with Crippen molar-refractivity contribution in [3.8, 4) is 5.75 Å². The Morgan fingerprint density at radius 3 is 2.71 bits per heavy atom. The van der Waals surface area contributed by atoms with Gasteiger partial charge in [0, 0.05) is 17.6 Å². The van der Waals surface area contributed by atoms with Crippen molar-refractivity contribution in [1.29, 1.82) is 0 Å². The van der Waals surface area contributed by atoms with Crippen LogP contribution in [0.2, 0.25) is 0 Å². The Morgan fingerprint density at radius 2 is 2.16 bits per heavy atom. The lowest BCUT2D eigenvalue weighted by atomic mass is 10.2. The fourth-order valence-electron chi connectivity index (χ4n) is 3.20. The summed E-state index contributed by atoms with van der Waals surface area (Å²) in [6.07, 6.45) is 6.73. The van der Waals surface area contributed by atoms with Gasteiger partial charge in [-0.25, -0.2) is 0 Å². The molecule has 0 spiro atoms. The number of fused-ring (bicyclic) bond motifs is 1. The number of H-pyrrole nitrogens is 1. The van der Waals surface area contributed by atoms with Crippen LogP contribution in [-0.2, 0) is 14.3 Å². The maximum absolute atomic E-state index is 11.5. The molecule has 168 valence electrons. The monoisotopic (exact) mass is 429 g/mol. The van der Waals surface area contributed by atoms with Gasteiger partial charge in [0.25, 0.3) is 12.0 Å². The largest absolute Gasteiger partial charge is 0.497 e. The maximum Gasteiger partial charge on any atom is 0.293 e. The molecule has 2 aromatic rings. The standard InChI is InChI=1S/C10H16N2O.C10H9NO2.C3H6O2/c1-2-7-6-9(7)12-10(13)8-4-3-5-11-8;1-13-8-2-3-9-7(6-8)4-5-11-10(9)12;1-2-5-3-4/h2,7-9,11H,1,3-6H2,(H,12,13);2-6H,1H3,(H,11,12);3H,2H2,1H3/t7-,8+,9-;;/m1../s1. The molecule has 1 amide bonds. The molecule has 2 fully saturated rings. The molecule has 1 aliphatic carbocycles. The highest BCUT2D eigenvalue weighted by molar-refractivity contribution is 5.83. The zero-order valence-corrected chi connectivity index (χ0v) is 18.1. The van der Waals surface area contributed by atoms with Gasteiger partial charge in [0.05, 0.1) is 19.8 Å². The molecule has 0 unspecified atom stereocenters. The van der Waals surface area contributed by atoms with E-state index in [1.807, 2.05) is 18.2 Å². The molecular formula is C23H31N3O5. The summed E-state index contributed by atoms with van der Waals surface area (Å²) in [5.74, 6) is 1.45. The second-order valence-electron chi connectivity index (χ2n) is 7.21. The zero-order chi connectivity index (χ0) is 22.6. The highest BCUT2D eigenvalue weighted by Crippen LogP contribution is 2.31. The Hall–Kier alpha value is -3.13. The molecule has 8 heteroatoms. The second-order valence-corrected chi connectivity index (χ2v) is 7.21. The summed E-state index contributed by atoms with van der Waals surface area (Å²) < 4.78 is 9.20.